The summed E-state index contributed by atoms with van der Waals surface area (Å²) >= 11 is 0. The van der Waals surface area contributed by atoms with Gasteiger partial charge in [-0.3, -0.25) is 0 Å². The molecule has 194 valence electrons. The molecule has 0 saturated carbocycles. The van der Waals surface area contributed by atoms with Crippen LogP contribution in [0.25, 0.3) is 6.08 Å². The quantitative estimate of drug-likeness (QED) is 0.164. The van der Waals surface area contributed by atoms with Crippen molar-refractivity contribution >= 4 is 18.2 Å². The summed E-state index contributed by atoms with van der Waals surface area (Å²) < 4.78 is 99.7. The van der Waals surface area contributed by atoms with Gasteiger partial charge >= 0.3 is 24.7 Å². The molecule has 0 N–H and O–H groups in total. The average molecular weight is 519 g/mol. The average Bonchev–Trinajstić information content (AvgIpc) is 2.68. The molecular weight excluding hydrogens is 504 g/mol. The molecule has 0 radical (unpaired) electrons. The zero-order valence-corrected chi connectivity index (χ0v) is 17.6. The van der Waals surface area contributed by atoms with Gasteiger partial charge in [0.15, 0.2) is 0 Å². The minimum Gasteiger partial charge on any atom is -0.475 e. The summed E-state index contributed by atoms with van der Waals surface area (Å²) in [7, 11) is 0. The lowest BCUT2D eigenvalue weighted by Crippen LogP contribution is -2.41. The molecule has 35 heavy (non-hydrogen) atoms. The Balaban J connectivity index is 2.13. The summed E-state index contributed by atoms with van der Waals surface area (Å²) in [4.78, 5) is 37.8. The van der Waals surface area contributed by atoms with E-state index in [1.165, 1.54) is 13.8 Å². The fourth-order valence-corrected chi connectivity index (χ4v) is 2.68. The summed E-state index contributed by atoms with van der Waals surface area (Å²) in [5, 5.41) is 8.98. The zero-order chi connectivity index (χ0) is 26.6. The van der Waals surface area contributed by atoms with E-state index in [-0.39, 0.29) is 11.1 Å². The molecule has 11 nitrogen and oxygen atoms in total. The molecule has 2 rings (SSSR count). The van der Waals surface area contributed by atoms with Crippen molar-refractivity contribution in [2.24, 2.45) is 0 Å². The molecular formula is C18H15F6NO10. The van der Waals surface area contributed by atoms with E-state index in [2.05, 4.69) is 23.8 Å². The first kappa shape index (κ1) is 27.3. The minimum atomic E-state index is -5.14. The van der Waals surface area contributed by atoms with Crippen molar-refractivity contribution in [3.05, 3.63) is 38.9 Å². The Kier molecular flexibility index (Phi) is 8.24. The van der Waals surface area contributed by atoms with Crippen LogP contribution in [0.3, 0.4) is 0 Å². The van der Waals surface area contributed by atoms with Gasteiger partial charge in [-0.05, 0) is 37.6 Å². The Morgan fingerprint density at radius 2 is 1.80 bits per heavy atom. The van der Waals surface area contributed by atoms with E-state index in [1.807, 2.05) is 0 Å². The van der Waals surface area contributed by atoms with Crippen molar-refractivity contribution in [3.63, 3.8) is 0 Å². The number of carbonyl (C=O) groups excluding carboxylic acids is 2. The van der Waals surface area contributed by atoms with E-state index < -0.39 is 72.4 Å². The molecule has 0 saturated heterocycles. The standard InChI is InChI=1S/C18H15F6NO10/c1-8-3-11(34-18(22,23)24)4-10-5-12(14(17(19,20)21)33-13(8)10)15(26)31-7-32-16(27)30-6-9(2)35-25(28)29/h3-5,9,14H,6-7H2,1-2H3/t9?,14-/m0/s1. The number of nitrogens with zero attached hydrogens (tertiary/aromatic N) is 1. The summed E-state index contributed by atoms with van der Waals surface area (Å²) in [6, 6.07) is 1.51. The predicted molar refractivity (Wildman–Crippen MR) is 97.2 cm³/mol. The highest BCUT2D eigenvalue weighted by molar-refractivity contribution is 5.96. The SMILES string of the molecule is Cc1cc(OC(F)(F)F)cc2c1O[C@H](C(F)(F)F)C(C(=O)OCOC(=O)OCC(C)O[N+](=O)[O-])=C2. The molecule has 17 heteroatoms. The van der Waals surface area contributed by atoms with Crippen LogP contribution in [0.4, 0.5) is 31.1 Å². The van der Waals surface area contributed by atoms with Crippen LogP contribution in [0, 0.1) is 17.0 Å². The maximum atomic E-state index is 13.5. The lowest BCUT2D eigenvalue weighted by Gasteiger charge is -2.29. The van der Waals surface area contributed by atoms with Crippen molar-refractivity contribution in [2.75, 3.05) is 13.4 Å². The number of hydrogen-bond acceptors (Lipinski definition) is 10. The number of hydrogen-bond donors (Lipinski definition) is 0. The molecule has 0 aromatic heterocycles. The van der Waals surface area contributed by atoms with Gasteiger partial charge in [-0.1, -0.05) is 0 Å². The van der Waals surface area contributed by atoms with Gasteiger partial charge in [-0.2, -0.15) is 13.2 Å². The van der Waals surface area contributed by atoms with Crippen LogP contribution < -0.4 is 9.47 Å². The number of halogens is 6. The Morgan fingerprint density at radius 3 is 2.37 bits per heavy atom. The van der Waals surface area contributed by atoms with E-state index >= 15 is 0 Å². The number of benzene rings is 1. The first-order valence-corrected chi connectivity index (χ1v) is 9.20. The van der Waals surface area contributed by atoms with Gasteiger partial charge in [0.1, 0.15) is 24.2 Å². The van der Waals surface area contributed by atoms with Gasteiger partial charge < -0.3 is 28.5 Å². The lowest BCUT2D eigenvalue weighted by molar-refractivity contribution is -0.767. The molecule has 0 amide bonds. The van der Waals surface area contributed by atoms with Crippen molar-refractivity contribution in [1.82, 2.24) is 0 Å². The molecule has 0 spiro atoms. The topological polar surface area (TPSA) is 133 Å². The molecule has 0 fully saturated rings. The van der Waals surface area contributed by atoms with E-state index in [0.717, 1.165) is 6.07 Å². The van der Waals surface area contributed by atoms with Crippen LogP contribution in [-0.4, -0.2) is 55.4 Å². The number of carbonyl (C=O) groups is 2. The molecule has 1 aliphatic heterocycles. The summed E-state index contributed by atoms with van der Waals surface area (Å²) in [6.45, 7) is 0.478. The van der Waals surface area contributed by atoms with Gasteiger partial charge in [0.05, 0.1) is 5.57 Å². The van der Waals surface area contributed by atoms with E-state index in [9.17, 15) is 46.0 Å². The van der Waals surface area contributed by atoms with Gasteiger partial charge in [-0.25, -0.2) is 9.59 Å². The number of alkyl halides is 6. The molecule has 1 aliphatic rings. The second-order valence-corrected chi connectivity index (χ2v) is 6.74. The minimum absolute atomic E-state index is 0.138. The maximum absolute atomic E-state index is 13.5. The van der Waals surface area contributed by atoms with Crippen molar-refractivity contribution in [1.29, 1.82) is 0 Å². The third kappa shape index (κ3) is 8.11. The second-order valence-electron chi connectivity index (χ2n) is 6.74. The summed E-state index contributed by atoms with van der Waals surface area (Å²) in [5.74, 6) is -2.88. The highest BCUT2D eigenvalue weighted by Crippen LogP contribution is 2.41. The highest BCUT2D eigenvalue weighted by Gasteiger charge is 2.49. The molecule has 0 bridgehead atoms. The van der Waals surface area contributed by atoms with E-state index in [1.54, 1.807) is 0 Å². The molecule has 2 atom stereocenters. The maximum Gasteiger partial charge on any atom is 0.573 e. The van der Waals surface area contributed by atoms with Crippen molar-refractivity contribution < 1.29 is 69.5 Å². The molecule has 0 aliphatic carbocycles. The van der Waals surface area contributed by atoms with Gasteiger partial charge in [0.25, 0.3) is 5.09 Å². The van der Waals surface area contributed by atoms with Crippen LogP contribution >= 0.6 is 0 Å². The fraction of sp³-hybridized carbons (Fsp3) is 0.444. The number of fused-ring (bicyclic) bond motifs is 1. The Labute approximate surface area is 191 Å². The van der Waals surface area contributed by atoms with E-state index in [0.29, 0.717) is 12.1 Å². The van der Waals surface area contributed by atoms with Crippen molar-refractivity contribution in [2.45, 2.75) is 38.6 Å². The third-order valence-electron chi connectivity index (χ3n) is 3.94. The second kappa shape index (κ2) is 10.6. The lowest BCUT2D eigenvalue weighted by atomic mass is 9.99. The normalized spacial score (nSPS) is 16.1. The smallest absolute Gasteiger partial charge is 0.475 e. The van der Waals surface area contributed by atoms with E-state index in [4.69, 9.17) is 4.74 Å². The fourth-order valence-electron chi connectivity index (χ4n) is 2.68. The highest BCUT2D eigenvalue weighted by atomic mass is 19.4. The van der Waals surface area contributed by atoms with Crippen LogP contribution in [0.2, 0.25) is 0 Å². The Hall–Kier alpha value is -3.92. The number of aryl methyl sites for hydroxylation is 1. The predicted octanol–water partition coefficient (Wildman–Crippen LogP) is 3.85. The third-order valence-corrected chi connectivity index (χ3v) is 3.94. The first-order chi connectivity index (χ1) is 16.1. The van der Waals surface area contributed by atoms with Crippen LogP contribution in [0.1, 0.15) is 18.1 Å². The number of esters is 1. The molecule has 1 heterocycles. The molecule has 1 aromatic carbocycles. The van der Waals surface area contributed by atoms with Gasteiger partial charge in [0.2, 0.25) is 12.9 Å². The Morgan fingerprint density at radius 1 is 1.14 bits per heavy atom. The van der Waals surface area contributed by atoms with Gasteiger partial charge in [0, 0.05) is 5.56 Å². The first-order valence-electron chi connectivity index (χ1n) is 9.20. The zero-order valence-electron chi connectivity index (χ0n) is 17.6. The van der Waals surface area contributed by atoms with Crippen LogP contribution in [-0.2, 0) is 23.8 Å². The molecule has 1 unspecified atom stereocenters. The number of rotatable bonds is 8. The number of ether oxygens (including phenoxy) is 5. The Bertz CT molecular complexity index is 1010. The van der Waals surface area contributed by atoms with Gasteiger partial charge in [-0.15, -0.1) is 23.3 Å². The monoisotopic (exact) mass is 519 g/mol. The summed E-state index contributed by atoms with van der Waals surface area (Å²) in [5.41, 5.74) is -1.63. The van der Waals surface area contributed by atoms with Crippen LogP contribution in [0.15, 0.2) is 17.7 Å². The van der Waals surface area contributed by atoms with Crippen molar-refractivity contribution in [3.8, 4) is 11.5 Å². The summed E-state index contributed by atoms with van der Waals surface area (Å²) in [6.07, 6.45) is -15.1. The molecule has 1 aromatic rings. The largest absolute Gasteiger partial charge is 0.573 e. The van der Waals surface area contributed by atoms with Crippen LogP contribution in [0.5, 0.6) is 11.5 Å².